The summed E-state index contributed by atoms with van der Waals surface area (Å²) >= 11 is 0. The van der Waals surface area contributed by atoms with Crippen LogP contribution in [0.15, 0.2) is 0 Å². The highest BCUT2D eigenvalue weighted by Gasteiger charge is 2.29. The van der Waals surface area contributed by atoms with Crippen LogP contribution < -0.4 is 4.74 Å². The van der Waals surface area contributed by atoms with E-state index >= 15 is 0 Å². The maximum atomic E-state index is 9.65. The van der Waals surface area contributed by atoms with Crippen LogP contribution in [-0.2, 0) is 11.8 Å². The second-order valence-electron chi connectivity index (χ2n) is 4.17. The van der Waals surface area contributed by atoms with Crippen LogP contribution in [0.3, 0.4) is 0 Å². The van der Waals surface area contributed by atoms with Crippen molar-refractivity contribution in [3.05, 3.63) is 11.3 Å². The van der Waals surface area contributed by atoms with Gasteiger partial charge in [0.25, 0.3) is 0 Å². The van der Waals surface area contributed by atoms with Gasteiger partial charge in [-0.2, -0.15) is 5.10 Å². The Labute approximate surface area is 95.0 Å². The Morgan fingerprint density at radius 2 is 2.31 bits per heavy atom. The van der Waals surface area contributed by atoms with Crippen LogP contribution in [0, 0.1) is 6.92 Å². The standard InChI is InChI=1S/C11H18N2O3/c1-7-10(11(15-3)13(2)12-7)9-6-8(14)4-5-16-9/h8-9,14H,4-6H2,1-3H3. The molecular formula is C11H18N2O3. The molecule has 2 atom stereocenters. The fourth-order valence-electron chi connectivity index (χ4n) is 2.25. The zero-order chi connectivity index (χ0) is 11.7. The molecule has 0 amide bonds. The Balaban J connectivity index is 2.31. The minimum Gasteiger partial charge on any atom is -0.481 e. The summed E-state index contributed by atoms with van der Waals surface area (Å²) in [6.07, 6.45) is 0.927. The molecule has 1 aromatic rings. The zero-order valence-corrected chi connectivity index (χ0v) is 9.93. The third kappa shape index (κ3) is 1.92. The smallest absolute Gasteiger partial charge is 0.217 e. The lowest BCUT2D eigenvalue weighted by molar-refractivity contribution is -0.0458. The molecule has 16 heavy (non-hydrogen) atoms. The number of hydrogen-bond acceptors (Lipinski definition) is 4. The number of hydrogen-bond donors (Lipinski definition) is 1. The molecule has 0 radical (unpaired) electrons. The number of aliphatic hydroxyl groups excluding tert-OH is 1. The molecule has 1 aliphatic heterocycles. The monoisotopic (exact) mass is 226 g/mol. The molecule has 1 fully saturated rings. The van der Waals surface area contributed by atoms with E-state index in [0.29, 0.717) is 19.4 Å². The minimum absolute atomic E-state index is 0.104. The topological polar surface area (TPSA) is 56.5 Å². The van der Waals surface area contributed by atoms with Crippen molar-refractivity contribution in [3.8, 4) is 5.88 Å². The number of methoxy groups -OCH3 is 1. The molecule has 2 unspecified atom stereocenters. The van der Waals surface area contributed by atoms with Gasteiger partial charge in [-0.3, -0.25) is 0 Å². The number of rotatable bonds is 2. The first-order valence-corrected chi connectivity index (χ1v) is 5.50. The Hall–Kier alpha value is -1.07. The van der Waals surface area contributed by atoms with E-state index in [1.165, 1.54) is 0 Å². The maximum absolute atomic E-state index is 9.65. The lowest BCUT2D eigenvalue weighted by Gasteiger charge is -2.26. The van der Waals surface area contributed by atoms with E-state index < -0.39 is 0 Å². The van der Waals surface area contributed by atoms with E-state index in [4.69, 9.17) is 9.47 Å². The van der Waals surface area contributed by atoms with Crippen molar-refractivity contribution in [3.63, 3.8) is 0 Å². The predicted molar refractivity (Wildman–Crippen MR) is 58.4 cm³/mol. The lowest BCUT2D eigenvalue weighted by atomic mass is 9.99. The molecule has 1 saturated heterocycles. The van der Waals surface area contributed by atoms with Gasteiger partial charge >= 0.3 is 0 Å². The number of aromatic nitrogens is 2. The molecule has 1 aliphatic rings. The second kappa shape index (κ2) is 4.43. The van der Waals surface area contributed by atoms with Crippen molar-refractivity contribution in [2.75, 3.05) is 13.7 Å². The van der Waals surface area contributed by atoms with E-state index in [-0.39, 0.29) is 12.2 Å². The van der Waals surface area contributed by atoms with E-state index in [0.717, 1.165) is 17.1 Å². The quantitative estimate of drug-likeness (QED) is 0.815. The molecule has 90 valence electrons. The van der Waals surface area contributed by atoms with Crippen LogP contribution in [0.1, 0.15) is 30.2 Å². The third-order valence-corrected chi connectivity index (χ3v) is 2.99. The summed E-state index contributed by atoms with van der Waals surface area (Å²) in [5, 5.41) is 14.0. The molecular weight excluding hydrogens is 208 g/mol. The van der Waals surface area contributed by atoms with Crippen molar-refractivity contribution >= 4 is 0 Å². The molecule has 5 heteroatoms. The minimum atomic E-state index is -0.289. The van der Waals surface area contributed by atoms with Gasteiger partial charge < -0.3 is 14.6 Å². The van der Waals surface area contributed by atoms with Crippen LogP contribution in [0.5, 0.6) is 5.88 Å². The molecule has 1 aromatic heterocycles. The van der Waals surface area contributed by atoms with E-state index in [2.05, 4.69) is 5.10 Å². The van der Waals surface area contributed by atoms with Gasteiger partial charge in [-0.15, -0.1) is 0 Å². The fraction of sp³-hybridized carbons (Fsp3) is 0.727. The first-order chi connectivity index (χ1) is 7.63. The van der Waals surface area contributed by atoms with Crippen molar-refractivity contribution in [2.45, 2.75) is 32.0 Å². The molecule has 2 rings (SSSR count). The van der Waals surface area contributed by atoms with E-state index in [9.17, 15) is 5.11 Å². The summed E-state index contributed by atoms with van der Waals surface area (Å²) in [7, 11) is 3.47. The summed E-state index contributed by atoms with van der Waals surface area (Å²) in [5.41, 5.74) is 1.86. The van der Waals surface area contributed by atoms with Gasteiger partial charge in [0, 0.05) is 20.1 Å². The molecule has 5 nitrogen and oxygen atoms in total. The second-order valence-corrected chi connectivity index (χ2v) is 4.17. The molecule has 0 bridgehead atoms. The highest BCUT2D eigenvalue weighted by atomic mass is 16.5. The van der Waals surface area contributed by atoms with E-state index in [1.807, 2.05) is 14.0 Å². The molecule has 1 N–H and O–H groups in total. The molecule has 2 heterocycles. The average Bonchev–Trinajstić information content (AvgIpc) is 2.52. The summed E-state index contributed by atoms with van der Waals surface area (Å²) in [5.74, 6) is 0.719. The summed E-state index contributed by atoms with van der Waals surface area (Å²) in [6.45, 7) is 2.52. The first kappa shape index (κ1) is 11.4. The van der Waals surface area contributed by atoms with Gasteiger partial charge in [0.15, 0.2) is 0 Å². The molecule has 0 spiro atoms. The number of nitrogens with zero attached hydrogens (tertiary/aromatic N) is 2. The normalized spacial score (nSPS) is 25.8. The average molecular weight is 226 g/mol. The van der Waals surface area contributed by atoms with Gasteiger partial charge in [0.05, 0.1) is 30.6 Å². The Bertz CT molecular complexity index is 376. The maximum Gasteiger partial charge on any atom is 0.217 e. The molecule has 0 aromatic carbocycles. The van der Waals surface area contributed by atoms with Gasteiger partial charge in [0.1, 0.15) is 0 Å². The van der Waals surface area contributed by atoms with Crippen LogP contribution in [-0.4, -0.2) is 34.7 Å². The molecule has 0 aliphatic carbocycles. The highest BCUT2D eigenvalue weighted by molar-refractivity contribution is 5.33. The van der Waals surface area contributed by atoms with Crippen molar-refractivity contribution in [2.24, 2.45) is 7.05 Å². The largest absolute Gasteiger partial charge is 0.481 e. The third-order valence-electron chi connectivity index (χ3n) is 2.99. The zero-order valence-electron chi connectivity index (χ0n) is 9.93. The number of aliphatic hydroxyl groups is 1. The number of ether oxygens (including phenoxy) is 2. The van der Waals surface area contributed by atoms with E-state index in [1.54, 1.807) is 11.8 Å². The van der Waals surface area contributed by atoms with Gasteiger partial charge in [-0.05, 0) is 13.3 Å². The predicted octanol–water partition coefficient (Wildman–Crippen LogP) is 0.950. The Morgan fingerprint density at radius 1 is 1.56 bits per heavy atom. The number of aryl methyl sites for hydroxylation is 2. The fourth-order valence-corrected chi connectivity index (χ4v) is 2.25. The van der Waals surface area contributed by atoms with Crippen molar-refractivity contribution in [1.82, 2.24) is 9.78 Å². The summed E-state index contributed by atoms with van der Waals surface area (Å²) < 4.78 is 12.7. The van der Waals surface area contributed by atoms with Gasteiger partial charge in [0.2, 0.25) is 5.88 Å². The summed E-state index contributed by atoms with van der Waals surface area (Å²) in [4.78, 5) is 0. The SMILES string of the molecule is COc1c(C2CC(O)CCO2)c(C)nn1C. The van der Waals surface area contributed by atoms with Crippen LogP contribution in [0.25, 0.3) is 0 Å². The lowest BCUT2D eigenvalue weighted by Crippen LogP contribution is -2.23. The summed E-state index contributed by atoms with van der Waals surface area (Å²) in [6, 6.07) is 0. The van der Waals surface area contributed by atoms with Crippen molar-refractivity contribution in [1.29, 1.82) is 0 Å². The molecule has 0 saturated carbocycles. The Morgan fingerprint density at radius 3 is 2.94 bits per heavy atom. The Kier molecular flexibility index (Phi) is 3.16. The first-order valence-electron chi connectivity index (χ1n) is 5.50. The highest BCUT2D eigenvalue weighted by Crippen LogP contribution is 2.35. The van der Waals surface area contributed by atoms with Gasteiger partial charge in [-0.1, -0.05) is 0 Å². The van der Waals surface area contributed by atoms with Crippen LogP contribution >= 0.6 is 0 Å². The van der Waals surface area contributed by atoms with Crippen LogP contribution in [0.2, 0.25) is 0 Å². The van der Waals surface area contributed by atoms with Crippen molar-refractivity contribution < 1.29 is 14.6 Å². The van der Waals surface area contributed by atoms with Gasteiger partial charge in [-0.25, -0.2) is 4.68 Å². The van der Waals surface area contributed by atoms with Crippen LogP contribution in [0.4, 0.5) is 0 Å².